The molecule has 1 fully saturated rings. The van der Waals surface area contributed by atoms with Crippen molar-refractivity contribution in [1.29, 1.82) is 0 Å². The summed E-state index contributed by atoms with van der Waals surface area (Å²) < 4.78 is 0. The van der Waals surface area contributed by atoms with Gasteiger partial charge in [0.05, 0.1) is 5.02 Å². The topological polar surface area (TPSA) is 57.6 Å². The molecule has 1 aromatic rings. The molecule has 1 aliphatic rings. The summed E-state index contributed by atoms with van der Waals surface area (Å²) in [6.07, 6.45) is 3.32. The summed E-state index contributed by atoms with van der Waals surface area (Å²) in [5.74, 6) is 0.424. The second kappa shape index (κ2) is 9.18. The summed E-state index contributed by atoms with van der Waals surface area (Å²) in [5, 5.41) is 9.49. The summed E-state index contributed by atoms with van der Waals surface area (Å²) >= 11 is 7.70. The number of piperidine rings is 1. The van der Waals surface area contributed by atoms with Gasteiger partial charge in [-0.15, -0.1) is 11.8 Å². The molecule has 1 N–H and O–H groups in total. The fourth-order valence-electron chi connectivity index (χ4n) is 2.82. The Balaban J connectivity index is 1.74. The van der Waals surface area contributed by atoms with Crippen LogP contribution in [-0.2, 0) is 9.59 Å². The first-order chi connectivity index (χ1) is 11.1. The third-order valence-electron chi connectivity index (χ3n) is 4.05. The summed E-state index contributed by atoms with van der Waals surface area (Å²) in [4.78, 5) is 25.9. The molecular formula is C17H22ClNO3S. The molecule has 1 unspecified atom stereocenters. The zero-order valence-electron chi connectivity index (χ0n) is 13.0. The summed E-state index contributed by atoms with van der Waals surface area (Å²) in [7, 11) is 0. The van der Waals surface area contributed by atoms with E-state index >= 15 is 0 Å². The number of hydrogen-bond donors (Lipinski definition) is 1. The molecule has 1 heterocycles. The van der Waals surface area contributed by atoms with E-state index in [1.165, 1.54) is 0 Å². The van der Waals surface area contributed by atoms with E-state index in [1.54, 1.807) is 11.8 Å². The van der Waals surface area contributed by atoms with Crippen LogP contribution < -0.4 is 0 Å². The molecule has 0 aliphatic carbocycles. The lowest BCUT2D eigenvalue weighted by atomic mass is 9.93. The summed E-state index contributed by atoms with van der Waals surface area (Å²) in [5.41, 5.74) is 0. The normalized spacial score (nSPS) is 18.0. The number of carboxylic acid groups (broad SMARTS) is 1. The number of rotatable bonds is 7. The molecule has 23 heavy (non-hydrogen) atoms. The van der Waals surface area contributed by atoms with Crippen molar-refractivity contribution in [1.82, 2.24) is 4.90 Å². The zero-order chi connectivity index (χ0) is 16.7. The van der Waals surface area contributed by atoms with E-state index in [0.29, 0.717) is 31.1 Å². The van der Waals surface area contributed by atoms with Gasteiger partial charge in [0, 0.05) is 36.6 Å². The Bertz CT molecular complexity index is 552. The van der Waals surface area contributed by atoms with E-state index in [1.807, 2.05) is 29.2 Å². The van der Waals surface area contributed by atoms with Gasteiger partial charge in [0.1, 0.15) is 0 Å². The first-order valence-electron chi connectivity index (χ1n) is 7.93. The highest BCUT2D eigenvalue weighted by atomic mass is 35.5. The van der Waals surface area contributed by atoms with Crippen LogP contribution >= 0.6 is 23.4 Å². The van der Waals surface area contributed by atoms with Crippen molar-refractivity contribution in [2.24, 2.45) is 5.92 Å². The number of benzene rings is 1. The van der Waals surface area contributed by atoms with Crippen LogP contribution in [0, 0.1) is 5.92 Å². The minimum absolute atomic E-state index is 0.157. The number of amides is 1. The van der Waals surface area contributed by atoms with Gasteiger partial charge in [-0.1, -0.05) is 23.7 Å². The molecule has 2 rings (SSSR count). The Morgan fingerprint density at radius 3 is 2.83 bits per heavy atom. The van der Waals surface area contributed by atoms with Gasteiger partial charge < -0.3 is 10.0 Å². The van der Waals surface area contributed by atoms with Crippen molar-refractivity contribution in [3.63, 3.8) is 0 Å². The predicted octanol–water partition coefficient (Wildman–Crippen LogP) is 3.93. The lowest BCUT2D eigenvalue weighted by Crippen LogP contribution is -2.40. The molecule has 4 nitrogen and oxygen atoms in total. The molecule has 1 atom stereocenters. The van der Waals surface area contributed by atoms with Crippen molar-refractivity contribution < 1.29 is 14.7 Å². The van der Waals surface area contributed by atoms with E-state index in [-0.39, 0.29) is 12.3 Å². The van der Waals surface area contributed by atoms with Crippen molar-refractivity contribution in [3.8, 4) is 0 Å². The average Bonchev–Trinajstić information content (AvgIpc) is 2.55. The number of hydrogen-bond acceptors (Lipinski definition) is 3. The number of aliphatic carboxylic acids is 1. The fraction of sp³-hybridized carbons (Fsp3) is 0.529. The Morgan fingerprint density at radius 1 is 1.30 bits per heavy atom. The van der Waals surface area contributed by atoms with Crippen LogP contribution in [0.25, 0.3) is 0 Å². The molecule has 0 spiro atoms. The molecule has 1 amide bonds. The third kappa shape index (κ3) is 6.07. The lowest BCUT2D eigenvalue weighted by Gasteiger charge is -2.32. The number of nitrogens with zero attached hydrogens (tertiary/aromatic N) is 1. The maximum absolute atomic E-state index is 12.3. The van der Waals surface area contributed by atoms with Crippen LogP contribution in [0.1, 0.15) is 32.1 Å². The van der Waals surface area contributed by atoms with Crippen molar-refractivity contribution in [2.75, 3.05) is 18.8 Å². The fourth-order valence-corrected chi connectivity index (χ4v) is 4.00. The molecular weight excluding hydrogens is 334 g/mol. The predicted molar refractivity (Wildman–Crippen MR) is 93.0 cm³/mol. The quantitative estimate of drug-likeness (QED) is 0.753. The first kappa shape index (κ1) is 18.1. The van der Waals surface area contributed by atoms with Crippen LogP contribution in [0.2, 0.25) is 5.02 Å². The van der Waals surface area contributed by atoms with Gasteiger partial charge >= 0.3 is 5.97 Å². The number of carbonyl (C=O) groups is 2. The lowest BCUT2D eigenvalue weighted by molar-refractivity contribution is -0.137. The highest BCUT2D eigenvalue weighted by Crippen LogP contribution is 2.27. The molecule has 1 aromatic carbocycles. The Hall–Kier alpha value is -1.20. The van der Waals surface area contributed by atoms with E-state index in [2.05, 4.69) is 0 Å². The van der Waals surface area contributed by atoms with Gasteiger partial charge in [-0.05, 0) is 37.3 Å². The second-order valence-corrected chi connectivity index (χ2v) is 7.35. The van der Waals surface area contributed by atoms with Crippen LogP contribution in [0.15, 0.2) is 29.2 Å². The largest absolute Gasteiger partial charge is 0.481 e. The average molecular weight is 356 g/mol. The smallest absolute Gasteiger partial charge is 0.303 e. The molecule has 1 aliphatic heterocycles. The van der Waals surface area contributed by atoms with Crippen LogP contribution in [0.3, 0.4) is 0 Å². The Labute approximate surface area is 146 Å². The molecule has 1 saturated heterocycles. The van der Waals surface area contributed by atoms with E-state index in [0.717, 1.165) is 29.3 Å². The van der Waals surface area contributed by atoms with Gasteiger partial charge in [0.15, 0.2) is 0 Å². The monoisotopic (exact) mass is 355 g/mol. The molecule has 6 heteroatoms. The number of thioether (sulfide) groups is 1. The third-order valence-corrected chi connectivity index (χ3v) is 5.57. The van der Waals surface area contributed by atoms with Crippen LogP contribution in [0.5, 0.6) is 0 Å². The summed E-state index contributed by atoms with van der Waals surface area (Å²) in [6, 6.07) is 7.64. The van der Waals surface area contributed by atoms with Crippen molar-refractivity contribution >= 4 is 35.2 Å². The van der Waals surface area contributed by atoms with Crippen LogP contribution in [0.4, 0.5) is 0 Å². The first-order valence-corrected chi connectivity index (χ1v) is 9.29. The van der Waals surface area contributed by atoms with Crippen LogP contribution in [-0.4, -0.2) is 40.7 Å². The van der Waals surface area contributed by atoms with Crippen molar-refractivity contribution in [2.45, 2.75) is 37.0 Å². The molecule has 126 valence electrons. The van der Waals surface area contributed by atoms with Crippen molar-refractivity contribution in [3.05, 3.63) is 29.3 Å². The maximum atomic E-state index is 12.3. The molecule has 0 saturated carbocycles. The SMILES string of the molecule is O=C(O)CCC1CCCN(C(=O)CCSc2ccccc2Cl)C1. The van der Waals surface area contributed by atoms with E-state index in [9.17, 15) is 9.59 Å². The number of likely N-dealkylation sites (tertiary alicyclic amines) is 1. The molecule has 0 radical (unpaired) electrons. The number of carboxylic acids is 1. The minimum Gasteiger partial charge on any atom is -0.481 e. The molecule has 0 aromatic heterocycles. The van der Waals surface area contributed by atoms with E-state index < -0.39 is 5.97 Å². The second-order valence-electron chi connectivity index (χ2n) is 5.81. The number of carbonyl (C=O) groups excluding carboxylic acids is 1. The highest BCUT2D eigenvalue weighted by Gasteiger charge is 2.23. The standard InChI is InChI=1S/C17H22ClNO3S/c18-14-5-1-2-6-15(14)23-11-9-16(20)19-10-3-4-13(12-19)7-8-17(21)22/h1-2,5-6,13H,3-4,7-12H2,(H,21,22). The van der Waals surface area contributed by atoms with Gasteiger partial charge in [-0.25, -0.2) is 0 Å². The zero-order valence-corrected chi connectivity index (χ0v) is 14.6. The van der Waals surface area contributed by atoms with Gasteiger partial charge in [-0.3, -0.25) is 9.59 Å². The minimum atomic E-state index is -0.760. The van der Waals surface area contributed by atoms with Gasteiger partial charge in [0.25, 0.3) is 0 Å². The number of halogens is 1. The Morgan fingerprint density at radius 2 is 2.09 bits per heavy atom. The Kier molecular flexibility index (Phi) is 7.24. The highest BCUT2D eigenvalue weighted by molar-refractivity contribution is 7.99. The maximum Gasteiger partial charge on any atom is 0.303 e. The summed E-state index contributed by atoms with van der Waals surface area (Å²) in [6.45, 7) is 1.49. The van der Waals surface area contributed by atoms with Gasteiger partial charge in [0.2, 0.25) is 5.91 Å². The van der Waals surface area contributed by atoms with E-state index in [4.69, 9.17) is 16.7 Å². The van der Waals surface area contributed by atoms with Gasteiger partial charge in [-0.2, -0.15) is 0 Å². The molecule has 0 bridgehead atoms.